The average molecular weight is 268 g/mol. The molecule has 4 nitrogen and oxygen atoms in total. The lowest BCUT2D eigenvalue weighted by Gasteiger charge is -2.04. The second kappa shape index (κ2) is 5.12. The number of carbonyl (C=O) groups is 1. The molecule has 0 saturated heterocycles. The summed E-state index contributed by atoms with van der Waals surface area (Å²) in [5, 5.41) is 3.44. The Morgan fingerprint density at radius 3 is 2.65 bits per heavy atom. The van der Waals surface area contributed by atoms with E-state index in [-0.39, 0.29) is 11.6 Å². The number of pyridine rings is 2. The molecule has 2 rings (SSSR count). The molecule has 0 aliphatic heterocycles. The molecule has 2 aromatic rings. The van der Waals surface area contributed by atoms with Crippen LogP contribution in [0.15, 0.2) is 36.7 Å². The van der Waals surface area contributed by atoms with Crippen LogP contribution in [-0.2, 0) is 0 Å². The van der Waals surface area contributed by atoms with Gasteiger partial charge in [-0.25, -0.2) is 9.97 Å². The Hall–Kier alpha value is -1.65. The zero-order valence-corrected chi connectivity index (χ0v) is 10.0. The zero-order chi connectivity index (χ0) is 12.3. The van der Waals surface area contributed by atoms with E-state index in [0.29, 0.717) is 15.9 Å². The Morgan fingerprint density at radius 1 is 1.18 bits per heavy atom. The van der Waals surface area contributed by atoms with Gasteiger partial charge in [-0.15, -0.1) is 0 Å². The van der Waals surface area contributed by atoms with Crippen LogP contribution in [0.2, 0.25) is 10.2 Å². The standard InChI is InChI=1S/C11H7Cl2N3O/c12-7-1-2-9(15-6-7)11(17)16-8-3-4-14-10(13)5-8/h1-6H,(H,14,16,17). The number of nitrogens with one attached hydrogen (secondary N) is 1. The third kappa shape index (κ3) is 3.15. The van der Waals surface area contributed by atoms with E-state index >= 15 is 0 Å². The Labute approximate surface area is 108 Å². The normalized spacial score (nSPS) is 10.0. The van der Waals surface area contributed by atoms with Crippen LogP contribution in [0.1, 0.15) is 10.5 Å². The van der Waals surface area contributed by atoms with E-state index in [4.69, 9.17) is 23.2 Å². The second-order valence-corrected chi connectivity index (χ2v) is 4.01. The molecular formula is C11H7Cl2N3O. The van der Waals surface area contributed by atoms with Crippen LogP contribution >= 0.6 is 23.2 Å². The summed E-state index contributed by atoms with van der Waals surface area (Å²) in [6.07, 6.45) is 2.92. The lowest BCUT2D eigenvalue weighted by atomic mass is 10.3. The van der Waals surface area contributed by atoms with E-state index in [1.165, 1.54) is 12.4 Å². The van der Waals surface area contributed by atoms with Crippen molar-refractivity contribution < 1.29 is 4.79 Å². The van der Waals surface area contributed by atoms with Gasteiger partial charge in [-0.1, -0.05) is 23.2 Å². The topological polar surface area (TPSA) is 54.9 Å². The van der Waals surface area contributed by atoms with Crippen molar-refractivity contribution in [3.05, 3.63) is 52.5 Å². The number of nitrogens with zero attached hydrogens (tertiary/aromatic N) is 2. The molecule has 2 heterocycles. The summed E-state index contributed by atoms with van der Waals surface area (Å²) in [6.45, 7) is 0. The Morgan fingerprint density at radius 2 is 2.00 bits per heavy atom. The number of hydrogen-bond acceptors (Lipinski definition) is 3. The maximum absolute atomic E-state index is 11.8. The minimum Gasteiger partial charge on any atom is -0.320 e. The Bertz CT molecular complexity index is 543. The maximum atomic E-state index is 11.8. The molecule has 0 aromatic carbocycles. The summed E-state index contributed by atoms with van der Waals surface area (Å²) in [4.78, 5) is 19.5. The van der Waals surface area contributed by atoms with Crippen LogP contribution in [0.3, 0.4) is 0 Å². The number of rotatable bonds is 2. The number of halogens is 2. The van der Waals surface area contributed by atoms with Gasteiger partial charge in [0.2, 0.25) is 0 Å². The third-order valence-electron chi connectivity index (χ3n) is 1.94. The summed E-state index contributed by atoms with van der Waals surface area (Å²) < 4.78 is 0. The number of hydrogen-bond donors (Lipinski definition) is 1. The number of amides is 1. The number of anilines is 1. The van der Waals surface area contributed by atoms with E-state index in [1.54, 1.807) is 24.3 Å². The van der Waals surface area contributed by atoms with Gasteiger partial charge in [0.05, 0.1) is 5.02 Å². The largest absolute Gasteiger partial charge is 0.320 e. The van der Waals surface area contributed by atoms with Gasteiger partial charge in [0.1, 0.15) is 10.8 Å². The molecule has 0 spiro atoms. The van der Waals surface area contributed by atoms with Crippen molar-refractivity contribution in [2.75, 3.05) is 5.32 Å². The molecule has 17 heavy (non-hydrogen) atoms. The summed E-state index contributed by atoms with van der Waals surface area (Å²) in [7, 11) is 0. The van der Waals surface area contributed by atoms with E-state index in [1.807, 2.05) is 0 Å². The smallest absolute Gasteiger partial charge is 0.274 e. The van der Waals surface area contributed by atoms with Gasteiger partial charge in [0.25, 0.3) is 5.91 Å². The van der Waals surface area contributed by atoms with E-state index < -0.39 is 0 Å². The van der Waals surface area contributed by atoms with Gasteiger partial charge >= 0.3 is 0 Å². The van der Waals surface area contributed by atoms with Gasteiger partial charge in [0, 0.05) is 18.1 Å². The fraction of sp³-hybridized carbons (Fsp3) is 0. The average Bonchev–Trinajstić information content (AvgIpc) is 2.29. The molecule has 0 aliphatic rings. The Kier molecular flexibility index (Phi) is 3.56. The molecule has 0 aliphatic carbocycles. The van der Waals surface area contributed by atoms with Gasteiger partial charge in [0.15, 0.2) is 0 Å². The quantitative estimate of drug-likeness (QED) is 0.851. The van der Waals surface area contributed by atoms with Gasteiger partial charge in [-0.05, 0) is 24.3 Å². The van der Waals surface area contributed by atoms with Crippen molar-refractivity contribution in [3.63, 3.8) is 0 Å². The monoisotopic (exact) mass is 267 g/mol. The van der Waals surface area contributed by atoms with E-state index in [9.17, 15) is 4.79 Å². The molecule has 0 bridgehead atoms. The first-order chi connectivity index (χ1) is 8.15. The molecule has 0 fully saturated rings. The van der Waals surface area contributed by atoms with Gasteiger partial charge in [-0.2, -0.15) is 0 Å². The molecule has 6 heteroatoms. The fourth-order valence-corrected chi connectivity index (χ4v) is 1.47. The molecule has 1 amide bonds. The predicted molar refractivity (Wildman–Crippen MR) is 66.4 cm³/mol. The summed E-state index contributed by atoms with van der Waals surface area (Å²) >= 11 is 11.4. The first-order valence-corrected chi connectivity index (χ1v) is 5.45. The predicted octanol–water partition coefficient (Wildman–Crippen LogP) is 3.04. The SMILES string of the molecule is O=C(Nc1ccnc(Cl)c1)c1ccc(Cl)cn1. The lowest BCUT2D eigenvalue weighted by Crippen LogP contribution is -2.13. The van der Waals surface area contributed by atoms with Crippen molar-refractivity contribution in [2.45, 2.75) is 0 Å². The molecule has 0 radical (unpaired) electrons. The van der Waals surface area contributed by atoms with Crippen LogP contribution in [0.5, 0.6) is 0 Å². The van der Waals surface area contributed by atoms with Crippen molar-refractivity contribution in [1.82, 2.24) is 9.97 Å². The van der Waals surface area contributed by atoms with Gasteiger partial charge < -0.3 is 5.32 Å². The van der Waals surface area contributed by atoms with Crippen molar-refractivity contribution in [2.24, 2.45) is 0 Å². The number of carbonyl (C=O) groups excluding carboxylic acids is 1. The van der Waals surface area contributed by atoms with Crippen LogP contribution in [0.4, 0.5) is 5.69 Å². The maximum Gasteiger partial charge on any atom is 0.274 e. The van der Waals surface area contributed by atoms with Crippen LogP contribution in [0, 0.1) is 0 Å². The Balaban J connectivity index is 2.14. The zero-order valence-electron chi connectivity index (χ0n) is 8.52. The molecule has 86 valence electrons. The molecule has 0 unspecified atom stereocenters. The highest BCUT2D eigenvalue weighted by Crippen LogP contribution is 2.13. The highest BCUT2D eigenvalue weighted by atomic mass is 35.5. The molecule has 1 N–H and O–H groups in total. The van der Waals surface area contributed by atoms with Crippen LogP contribution in [0.25, 0.3) is 0 Å². The molecule has 2 aromatic heterocycles. The lowest BCUT2D eigenvalue weighted by molar-refractivity contribution is 0.102. The van der Waals surface area contributed by atoms with Crippen molar-refractivity contribution in [1.29, 1.82) is 0 Å². The summed E-state index contributed by atoms with van der Waals surface area (Å²) in [5.74, 6) is -0.330. The molecule has 0 atom stereocenters. The first kappa shape index (κ1) is 11.8. The fourth-order valence-electron chi connectivity index (χ4n) is 1.19. The van der Waals surface area contributed by atoms with Crippen molar-refractivity contribution in [3.8, 4) is 0 Å². The molecular weight excluding hydrogens is 261 g/mol. The first-order valence-electron chi connectivity index (χ1n) is 4.69. The summed E-state index contributed by atoms with van der Waals surface area (Å²) in [5.41, 5.74) is 0.842. The third-order valence-corrected chi connectivity index (χ3v) is 2.37. The summed E-state index contributed by atoms with van der Waals surface area (Å²) in [6, 6.07) is 6.33. The minimum atomic E-state index is -0.330. The minimum absolute atomic E-state index is 0.280. The highest BCUT2D eigenvalue weighted by Gasteiger charge is 2.07. The van der Waals surface area contributed by atoms with Gasteiger partial charge in [-0.3, -0.25) is 4.79 Å². The van der Waals surface area contributed by atoms with E-state index in [0.717, 1.165) is 0 Å². The van der Waals surface area contributed by atoms with Crippen LogP contribution in [-0.4, -0.2) is 15.9 Å². The van der Waals surface area contributed by atoms with Crippen LogP contribution < -0.4 is 5.32 Å². The van der Waals surface area contributed by atoms with E-state index in [2.05, 4.69) is 15.3 Å². The second-order valence-electron chi connectivity index (χ2n) is 3.18. The molecule has 0 saturated carbocycles. The highest BCUT2D eigenvalue weighted by molar-refractivity contribution is 6.30. The van der Waals surface area contributed by atoms with Crippen molar-refractivity contribution >= 4 is 34.8 Å². The number of aromatic nitrogens is 2.